The van der Waals surface area contributed by atoms with Gasteiger partial charge >= 0.3 is 0 Å². The van der Waals surface area contributed by atoms with Crippen molar-refractivity contribution in [3.63, 3.8) is 0 Å². The maximum Gasteiger partial charge on any atom is 0.271 e. The Morgan fingerprint density at radius 3 is 2.85 bits per heavy atom. The fraction of sp³-hybridized carbons (Fsp3) is 0.200. The number of thioether (sulfide) groups is 1. The minimum Gasteiger partial charge on any atom is -0.337 e. The van der Waals surface area contributed by atoms with Gasteiger partial charge in [-0.2, -0.15) is 0 Å². The van der Waals surface area contributed by atoms with Crippen LogP contribution in [0.15, 0.2) is 52.3 Å². The molecule has 0 saturated heterocycles. The summed E-state index contributed by atoms with van der Waals surface area (Å²) in [6.07, 6.45) is 4.55. The molecule has 0 radical (unpaired) electrons. The van der Waals surface area contributed by atoms with Crippen molar-refractivity contribution in [1.29, 1.82) is 0 Å². The number of hydrogen-bond acceptors (Lipinski definition) is 5. The van der Waals surface area contributed by atoms with Crippen LogP contribution < -0.4 is 19.7 Å². The summed E-state index contributed by atoms with van der Waals surface area (Å²) in [6.45, 7) is 2.70. The van der Waals surface area contributed by atoms with Gasteiger partial charge in [0.15, 0.2) is 0 Å². The van der Waals surface area contributed by atoms with Crippen LogP contribution >= 0.6 is 23.1 Å². The Balaban J connectivity index is 1.93. The van der Waals surface area contributed by atoms with Crippen LogP contribution in [0, 0.1) is 5.82 Å². The second kappa shape index (κ2) is 7.32. The van der Waals surface area contributed by atoms with Gasteiger partial charge in [-0.1, -0.05) is 24.8 Å². The van der Waals surface area contributed by atoms with Crippen LogP contribution in [0.3, 0.4) is 0 Å². The molecule has 0 fully saturated rings. The van der Waals surface area contributed by atoms with Crippen molar-refractivity contribution in [1.82, 2.24) is 9.55 Å². The molecule has 4 nitrogen and oxygen atoms in total. The molecule has 27 heavy (non-hydrogen) atoms. The smallest absolute Gasteiger partial charge is 0.271 e. The summed E-state index contributed by atoms with van der Waals surface area (Å²) in [5, 5.41) is 0.844. The van der Waals surface area contributed by atoms with Crippen molar-refractivity contribution in [2.24, 2.45) is 0 Å². The Kier molecular flexibility index (Phi) is 4.88. The average Bonchev–Trinajstić information content (AvgIpc) is 3.14. The lowest BCUT2D eigenvalue weighted by Gasteiger charge is -2.12. The lowest BCUT2D eigenvalue weighted by atomic mass is 10.3. The Hall–Kier alpha value is -2.38. The molecule has 1 aliphatic rings. The number of aromatic nitrogens is 2. The molecule has 0 amide bonds. The number of fused-ring (bicyclic) bond motifs is 1. The number of halogens is 1. The number of anilines is 1. The monoisotopic (exact) mass is 399 g/mol. The van der Waals surface area contributed by atoms with Crippen LogP contribution in [0.25, 0.3) is 11.1 Å². The van der Waals surface area contributed by atoms with E-state index in [-0.39, 0.29) is 11.4 Å². The number of pyridine rings is 1. The number of nitrogens with zero attached hydrogens (tertiary/aromatic N) is 3. The molecular weight excluding hydrogens is 381 g/mol. The predicted molar refractivity (Wildman–Crippen MR) is 110 cm³/mol. The molecule has 1 aromatic carbocycles. The molecule has 0 saturated carbocycles. The van der Waals surface area contributed by atoms with Crippen LogP contribution in [-0.4, -0.2) is 16.6 Å². The zero-order valence-electron chi connectivity index (χ0n) is 15.0. The fourth-order valence-electron chi connectivity index (χ4n) is 3.02. The van der Waals surface area contributed by atoms with E-state index in [1.807, 2.05) is 36.2 Å². The van der Waals surface area contributed by atoms with Gasteiger partial charge in [0.1, 0.15) is 20.0 Å². The highest BCUT2D eigenvalue weighted by Crippen LogP contribution is 2.45. The van der Waals surface area contributed by atoms with Crippen molar-refractivity contribution < 1.29 is 4.39 Å². The van der Waals surface area contributed by atoms with Crippen molar-refractivity contribution in [2.75, 3.05) is 11.9 Å². The van der Waals surface area contributed by atoms with Crippen molar-refractivity contribution >= 4 is 39.9 Å². The lowest BCUT2D eigenvalue weighted by Crippen LogP contribution is -2.33. The SMILES string of the molecule is CCCn1c(=O)/c(=C2\Sc3cc(F)ccc3N2C)s/c1=C\c1ccccn1. The van der Waals surface area contributed by atoms with Crippen LogP contribution in [0.5, 0.6) is 0 Å². The highest BCUT2D eigenvalue weighted by molar-refractivity contribution is 8.08. The molecular formula is C20H18FN3OS2. The van der Waals surface area contributed by atoms with Gasteiger partial charge < -0.3 is 4.90 Å². The minimum atomic E-state index is -0.269. The molecule has 0 N–H and O–H groups in total. The van der Waals surface area contributed by atoms with Gasteiger partial charge in [-0.05, 0) is 42.8 Å². The predicted octanol–water partition coefficient (Wildman–Crippen LogP) is 2.99. The Morgan fingerprint density at radius 1 is 1.26 bits per heavy atom. The van der Waals surface area contributed by atoms with E-state index in [1.54, 1.807) is 16.8 Å². The summed E-state index contributed by atoms with van der Waals surface area (Å²) in [6, 6.07) is 10.4. The third-order valence-corrected chi connectivity index (χ3v) is 6.77. The van der Waals surface area contributed by atoms with E-state index in [1.165, 1.54) is 35.2 Å². The third kappa shape index (κ3) is 3.33. The highest BCUT2D eigenvalue weighted by Gasteiger charge is 2.25. The summed E-state index contributed by atoms with van der Waals surface area (Å²) in [7, 11) is 1.91. The van der Waals surface area contributed by atoms with Crippen LogP contribution in [0.1, 0.15) is 19.0 Å². The summed E-state index contributed by atoms with van der Waals surface area (Å²) < 4.78 is 16.9. The fourth-order valence-corrected chi connectivity index (χ4v) is 5.47. The average molecular weight is 400 g/mol. The van der Waals surface area contributed by atoms with E-state index in [2.05, 4.69) is 11.9 Å². The summed E-state index contributed by atoms with van der Waals surface area (Å²) in [4.78, 5) is 20.3. The van der Waals surface area contributed by atoms with Crippen LogP contribution in [0.4, 0.5) is 10.1 Å². The number of benzene rings is 1. The maximum absolute atomic E-state index is 13.6. The van der Waals surface area contributed by atoms with E-state index < -0.39 is 0 Å². The van der Waals surface area contributed by atoms with E-state index in [0.717, 1.165) is 32.4 Å². The van der Waals surface area contributed by atoms with E-state index in [4.69, 9.17) is 0 Å². The van der Waals surface area contributed by atoms with Gasteiger partial charge in [-0.25, -0.2) is 4.39 Å². The molecule has 4 rings (SSSR count). The van der Waals surface area contributed by atoms with Crippen molar-refractivity contribution in [2.45, 2.75) is 24.8 Å². The van der Waals surface area contributed by atoms with Crippen LogP contribution in [0.2, 0.25) is 0 Å². The van der Waals surface area contributed by atoms with Gasteiger partial charge in [0.25, 0.3) is 5.56 Å². The molecule has 1 aliphatic heterocycles. The first-order valence-electron chi connectivity index (χ1n) is 8.66. The molecule has 2 aromatic heterocycles. The Morgan fingerprint density at radius 2 is 2.11 bits per heavy atom. The number of rotatable bonds is 3. The number of thiazole rings is 1. The van der Waals surface area contributed by atoms with Crippen molar-refractivity contribution in [3.8, 4) is 0 Å². The molecule has 0 bridgehead atoms. The third-order valence-electron chi connectivity index (χ3n) is 4.31. The zero-order valence-corrected chi connectivity index (χ0v) is 16.6. The summed E-state index contributed by atoms with van der Waals surface area (Å²) in [5.74, 6) is -0.269. The first-order chi connectivity index (χ1) is 13.1. The summed E-state index contributed by atoms with van der Waals surface area (Å²) in [5.41, 5.74) is 1.73. The van der Waals surface area contributed by atoms with Crippen LogP contribution in [-0.2, 0) is 6.54 Å². The first-order valence-corrected chi connectivity index (χ1v) is 10.3. The van der Waals surface area contributed by atoms with Crippen molar-refractivity contribution in [3.05, 3.63) is 73.7 Å². The molecule has 0 aliphatic carbocycles. The molecule has 0 spiro atoms. The largest absolute Gasteiger partial charge is 0.337 e. The zero-order chi connectivity index (χ0) is 19.0. The van der Waals surface area contributed by atoms with Gasteiger partial charge in [-0.3, -0.25) is 14.3 Å². The summed E-state index contributed by atoms with van der Waals surface area (Å²) >= 11 is 2.90. The van der Waals surface area contributed by atoms with Gasteiger partial charge in [-0.15, -0.1) is 11.3 Å². The standard InChI is InChI=1S/C20H18FN3OS2/c1-3-10-24-17(12-14-6-4-5-9-22-14)27-18(19(24)25)20-23(2)15-8-7-13(21)11-16(15)26-20/h4-9,11-12H,3,10H2,1-2H3/b17-12-,20-18+. The normalized spacial score (nSPS) is 16.1. The lowest BCUT2D eigenvalue weighted by molar-refractivity contribution is 0.624. The topological polar surface area (TPSA) is 38.1 Å². The molecule has 3 aromatic rings. The van der Waals surface area contributed by atoms with Gasteiger partial charge in [0.2, 0.25) is 0 Å². The van der Waals surface area contributed by atoms with Gasteiger partial charge in [0, 0.05) is 24.7 Å². The molecule has 7 heteroatoms. The van der Waals surface area contributed by atoms with E-state index in [0.29, 0.717) is 11.1 Å². The highest BCUT2D eigenvalue weighted by atomic mass is 32.2. The Bertz CT molecular complexity index is 1170. The van der Waals surface area contributed by atoms with Gasteiger partial charge in [0.05, 0.1) is 11.4 Å². The first kappa shape index (κ1) is 18.0. The second-order valence-electron chi connectivity index (χ2n) is 6.20. The number of hydrogen-bond donors (Lipinski definition) is 0. The molecule has 0 atom stereocenters. The maximum atomic E-state index is 13.6. The molecule has 3 heterocycles. The molecule has 138 valence electrons. The minimum absolute atomic E-state index is 0.00772. The molecule has 0 unspecified atom stereocenters. The van der Waals surface area contributed by atoms with E-state index >= 15 is 0 Å². The Labute approximate surface area is 164 Å². The quantitative estimate of drug-likeness (QED) is 0.679. The second-order valence-corrected chi connectivity index (χ2v) is 8.26. The van der Waals surface area contributed by atoms with E-state index in [9.17, 15) is 9.18 Å².